The van der Waals surface area contributed by atoms with Gasteiger partial charge in [-0.15, -0.1) is 11.3 Å². The first kappa shape index (κ1) is 25.0. The van der Waals surface area contributed by atoms with E-state index in [4.69, 9.17) is 0 Å². The zero-order chi connectivity index (χ0) is 25.2. The number of carbonyl (C=O) groups excluding carboxylic acids is 2. The summed E-state index contributed by atoms with van der Waals surface area (Å²) in [6, 6.07) is 2.91. The predicted octanol–water partition coefficient (Wildman–Crippen LogP) is 4.56. The van der Waals surface area contributed by atoms with Gasteiger partial charge in [0, 0.05) is 24.7 Å². The number of fused-ring (bicyclic) bond motifs is 1. The van der Waals surface area contributed by atoms with Crippen molar-refractivity contribution in [1.29, 1.82) is 0 Å². The van der Waals surface area contributed by atoms with Crippen LogP contribution in [0.3, 0.4) is 0 Å². The van der Waals surface area contributed by atoms with Gasteiger partial charge < -0.3 is 15.5 Å². The maximum absolute atomic E-state index is 13.5. The van der Waals surface area contributed by atoms with E-state index in [9.17, 15) is 14.0 Å². The Balaban J connectivity index is 0.00000141. The van der Waals surface area contributed by atoms with Gasteiger partial charge in [0.25, 0.3) is 5.91 Å². The van der Waals surface area contributed by atoms with Crippen LogP contribution in [0, 0.1) is 11.2 Å². The molecule has 1 saturated heterocycles. The number of anilines is 1. The van der Waals surface area contributed by atoms with Crippen molar-refractivity contribution in [2.75, 3.05) is 18.4 Å². The van der Waals surface area contributed by atoms with E-state index in [2.05, 4.69) is 25.6 Å². The van der Waals surface area contributed by atoms with Crippen LogP contribution in [-0.2, 0) is 4.79 Å². The van der Waals surface area contributed by atoms with Crippen LogP contribution < -0.4 is 10.6 Å². The number of nitrogens with one attached hydrogen (secondary N) is 2. The third-order valence-electron chi connectivity index (χ3n) is 6.59. The molecule has 0 aromatic carbocycles. The van der Waals surface area contributed by atoms with Crippen molar-refractivity contribution in [2.45, 2.75) is 59.0 Å². The number of carbonyl (C=O) groups is 2. The molecule has 0 radical (unpaired) electrons. The lowest BCUT2D eigenvalue weighted by Crippen LogP contribution is -2.63. The first-order valence-corrected chi connectivity index (χ1v) is 12.9. The van der Waals surface area contributed by atoms with Gasteiger partial charge in [0.2, 0.25) is 11.9 Å². The number of halogens is 1. The first-order valence-electron chi connectivity index (χ1n) is 12.0. The van der Waals surface area contributed by atoms with E-state index in [0.717, 1.165) is 30.2 Å². The fourth-order valence-electron chi connectivity index (χ4n) is 4.19. The van der Waals surface area contributed by atoms with Gasteiger partial charge in [-0.25, -0.2) is 14.4 Å². The van der Waals surface area contributed by atoms with Crippen LogP contribution in [0.15, 0.2) is 29.9 Å². The lowest BCUT2D eigenvalue weighted by atomic mass is 9.69. The van der Waals surface area contributed by atoms with Crippen molar-refractivity contribution in [2.24, 2.45) is 5.41 Å². The fraction of sp³-hybridized carbons (Fsp3) is 0.480. The molecule has 186 valence electrons. The molecule has 1 aliphatic heterocycles. The molecule has 4 heterocycles. The Hall–Kier alpha value is -3.14. The Morgan fingerprint density at radius 1 is 1.23 bits per heavy atom. The Morgan fingerprint density at radius 3 is 2.63 bits per heavy atom. The van der Waals surface area contributed by atoms with Crippen molar-refractivity contribution in [3.8, 4) is 0 Å². The lowest BCUT2D eigenvalue weighted by molar-refractivity contribution is -0.136. The molecule has 1 atom stereocenters. The van der Waals surface area contributed by atoms with E-state index in [1.807, 2.05) is 39.1 Å². The molecule has 10 heteroatoms. The van der Waals surface area contributed by atoms with Gasteiger partial charge in [-0.3, -0.25) is 14.6 Å². The number of nitrogens with zero attached hydrogens (tertiary/aromatic N) is 4. The van der Waals surface area contributed by atoms with Crippen molar-refractivity contribution >= 4 is 39.3 Å². The molecular formula is C25H31FN6O2S. The molecule has 1 unspecified atom stereocenters. The molecule has 3 aromatic heterocycles. The Labute approximate surface area is 208 Å². The monoisotopic (exact) mass is 498 g/mol. The van der Waals surface area contributed by atoms with Crippen molar-refractivity contribution in [1.82, 2.24) is 25.2 Å². The summed E-state index contributed by atoms with van der Waals surface area (Å²) in [6.07, 6.45) is 5.66. The fourth-order valence-corrected chi connectivity index (χ4v) is 5.01. The summed E-state index contributed by atoms with van der Waals surface area (Å²) in [6.45, 7) is 8.78. The van der Waals surface area contributed by atoms with E-state index < -0.39 is 5.82 Å². The van der Waals surface area contributed by atoms with Crippen LogP contribution in [0.4, 0.5) is 10.3 Å². The highest BCUT2D eigenvalue weighted by Gasteiger charge is 2.42. The maximum Gasteiger partial charge on any atom is 0.274 e. The summed E-state index contributed by atoms with van der Waals surface area (Å²) in [5, 5.41) is 8.10. The van der Waals surface area contributed by atoms with Crippen molar-refractivity contribution in [3.63, 3.8) is 0 Å². The third-order valence-corrected chi connectivity index (χ3v) is 7.50. The summed E-state index contributed by atoms with van der Waals surface area (Å²) in [4.78, 5) is 40.3. The van der Waals surface area contributed by atoms with Gasteiger partial charge in [0.15, 0.2) is 5.69 Å². The topological polar surface area (TPSA) is 100 Å². The largest absolute Gasteiger partial charge is 0.349 e. The van der Waals surface area contributed by atoms with E-state index in [0.29, 0.717) is 35.8 Å². The average molecular weight is 499 g/mol. The number of hydrogen-bond acceptors (Lipinski definition) is 7. The van der Waals surface area contributed by atoms with Crippen molar-refractivity contribution < 1.29 is 14.0 Å². The summed E-state index contributed by atoms with van der Waals surface area (Å²) < 4.78 is 14.3. The minimum Gasteiger partial charge on any atom is -0.349 e. The number of pyridine rings is 1. The quantitative estimate of drug-likeness (QED) is 0.517. The van der Waals surface area contributed by atoms with E-state index in [-0.39, 0.29) is 29.3 Å². The van der Waals surface area contributed by atoms with Gasteiger partial charge in [-0.05, 0) is 42.8 Å². The molecule has 0 bridgehead atoms. The number of likely N-dealkylation sites (tertiary alicyclic amines) is 1. The molecule has 0 spiro atoms. The van der Waals surface area contributed by atoms with Crippen LogP contribution in [-0.4, -0.2) is 50.8 Å². The number of thiophene rings is 1. The number of hydrogen-bond donors (Lipinski definition) is 2. The van der Waals surface area contributed by atoms with Gasteiger partial charge in [0.1, 0.15) is 5.82 Å². The lowest BCUT2D eigenvalue weighted by Gasteiger charge is -2.43. The highest BCUT2D eigenvalue weighted by Crippen LogP contribution is 2.40. The second-order valence-electron chi connectivity index (χ2n) is 9.13. The first-order chi connectivity index (χ1) is 16.8. The van der Waals surface area contributed by atoms with Gasteiger partial charge in [-0.2, -0.15) is 0 Å². The van der Waals surface area contributed by atoms with Gasteiger partial charge >= 0.3 is 0 Å². The van der Waals surface area contributed by atoms with Crippen LogP contribution in [0.25, 0.3) is 10.2 Å². The number of rotatable bonds is 6. The summed E-state index contributed by atoms with van der Waals surface area (Å²) in [5.74, 6) is -0.226. The predicted molar refractivity (Wildman–Crippen MR) is 135 cm³/mol. The smallest absolute Gasteiger partial charge is 0.274 e. The summed E-state index contributed by atoms with van der Waals surface area (Å²) in [7, 11) is 0. The van der Waals surface area contributed by atoms with Crippen LogP contribution in [0.2, 0.25) is 0 Å². The standard InChI is InChI=1S/C23H25FN6O2S.C2H6/c1-13(14-8-15(24)10-25-9-14)26-22-28-17-4-7-33-19(17)18(29-22)20(31)30-11-16(12-30)27-21(32)23(2)5-3-6-23;1-2/h4,7-10,13,16H,3,5-6,11-12H2,1-2H3,(H,27,32)(H,26,28,29);1-2H3. The molecule has 2 aliphatic rings. The molecule has 5 rings (SSSR count). The zero-order valence-electron chi connectivity index (χ0n) is 20.5. The van der Waals surface area contributed by atoms with Crippen LogP contribution in [0.5, 0.6) is 0 Å². The number of amides is 2. The van der Waals surface area contributed by atoms with Crippen LogP contribution >= 0.6 is 11.3 Å². The molecule has 35 heavy (non-hydrogen) atoms. The van der Waals surface area contributed by atoms with Crippen molar-refractivity contribution in [3.05, 3.63) is 47.0 Å². The Morgan fingerprint density at radius 2 is 1.97 bits per heavy atom. The zero-order valence-corrected chi connectivity index (χ0v) is 21.3. The molecule has 1 saturated carbocycles. The SMILES string of the molecule is CC.CC(Nc1nc(C(=O)N2CC(NC(=O)C3(C)CCC3)C2)c2sccc2n1)c1cncc(F)c1. The van der Waals surface area contributed by atoms with Gasteiger partial charge in [0.05, 0.1) is 28.5 Å². The number of aromatic nitrogens is 3. The highest BCUT2D eigenvalue weighted by molar-refractivity contribution is 7.17. The van der Waals surface area contributed by atoms with Gasteiger partial charge in [-0.1, -0.05) is 27.2 Å². The highest BCUT2D eigenvalue weighted by atomic mass is 32.1. The minimum atomic E-state index is -0.419. The molecule has 3 aromatic rings. The summed E-state index contributed by atoms with van der Waals surface area (Å²) >= 11 is 1.42. The molecule has 2 amide bonds. The molecular weight excluding hydrogens is 467 g/mol. The minimum absolute atomic E-state index is 0.0300. The molecule has 8 nitrogen and oxygen atoms in total. The Bertz CT molecular complexity index is 1220. The normalized spacial score (nSPS) is 17.5. The molecule has 2 N–H and O–H groups in total. The molecule has 1 aliphatic carbocycles. The third kappa shape index (κ3) is 5.12. The van der Waals surface area contributed by atoms with E-state index in [1.54, 1.807) is 11.1 Å². The van der Waals surface area contributed by atoms with E-state index in [1.165, 1.54) is 17.4 Å². The van der Waals surface area contributed by atoms with Crippen LogP contribution in [0.1, 0.15) is 69.1 Å². The summed E-state index contributed by atoms with van der Waals surface area (Å²) in [5.41, 5.74) is 1.40. The second-order valence-corrected chi connectivity index (χ2v) is 10.0. The average Bonchev–Trinajstić information content (AvgIpc) is 3.28. The maximum atomic E-state index is 13.5. The molecule has 2 fully saturated rings. The Kier molecular flexibility index (Phi) is 7.30. The second kappa shape index (κ2) is 10.2. The van der Waals surface area contributed by atoms with E-state index >= 15 is 0 Å².